The van der Waals surface area contributed by atoms with E-state index in [0.717, 1.165) is 22.3 Å². The van der Waals surface area contributed by atoms with Crippen molar-refractivity contribution in [3.63, 3.8) is 0 Å². The van der Waals surface area contributed by atoms with Gasteiger partial charge in [-0.2, -0.15) is 0 Å². The van der Waals surface area contributed by atoms with Crippen LogP contribution in [0.4, 0.5) is 10.7 Å². The lowest BCUT2D eigenvalue weighted by Crippen LogP contribution is -2.24. The van der Waals surface area contributed by atoms with E-state index in [1.54, 1.807) is 0 Å². The van der Waals surface area contributed by atoms with Crippen LogP contribution in [-0.4, -0.2) is 41.4 Å². The van der Waals surface area contributed by atoms with Gasteiger partial charge in [-0.1, -0.05) is 60.1 Å². The average molecular weight is 463 g/mol. The average Bonchev–Trinajstić information content (AvgIpc) is 3.42. The first kappa shape index (κ1) is 23.0. The van der Waals surface area contributed by atoms with Crippen molar-refractivity contribution in [1.29, 1.82) is 0 Å². The number of hydrogen-bond acceptors (Lipinski definition) is 6. The molecule has 0 atom stereocenters. The minimum Gasteiger partial charge on any atom is -0.481 e. The SMILES string of the molecule is O=C(O)CCCCCNC(=O)c1cc(NC(=O)OCC2c3ccccc3-c3ccccc32)on1. The normalized spacial score (nSPS) is 12.0. The van der Waals surface area contributed by atoms with Gasteiger partial charge in [-0.3, -0.25) is 14.9 Å². The van der Waals surface area contributed by atoms with E-state index >= 15 is 0 Å². The third-order valence-electron chi connectivity index (χ3n) is 5.66. The van der Waals surface area contributed by atoms with Crippen LogP contribution in [0, 0.1) is 0 Å². The molecular formula is C25H25N3O6. The molecule has 9 nitrogen and oxygen atoms in total. The molecule has 1 heterocycles. The van der Waals surface area contributed by atoms with E-state index in [1.165, 1.54) is 6.07 Å². The topological polar surface area (TPSA) is 131 Å². The third-order valence-corrected chi connectivity index (χ3v) is 5.66. The van der Waals surface area contributed by atoms with Crippen molar-refractivity contribution in [2.45, 2.75) is 31.6 Å². The lowest BCUT2D eigenvalue weighted by molar-refractivity contribution is -0.137. The summed E-state index contributed by atoms with van der Waals surface area (Å²) in [7, 11) is 0. The summed E-state index contributed by atoms with van der Waals surface area (Å²) in [5.41, 5.74) is 4.52. The smallest absolute Gasteiger partial charge is 0.414 e. The molecule has 9 heteroatoms. The number of fused-ring (bicyclic) bond motifs is 3. The van der Waals surface area contributed by atoms with Crippen molar-refractivity contribution in [2.24, 2.45) is 0 Å². The summed E-state index contributed by atoms with van der Waals surface area (Å²) in [6.07, 6.45) is 1.32. The summed E-state index contributed by atoms with van der Waals surface area (Å²) < 4.78 is 10.5. The number of carbonyl (C=O) groups is 3. The van der Waals surface area contributed by atoms with E-state index in [2.05, 4.69) is 27.9 Å². The Kier molecular flexibility index (Phi) is 7.22. The summed E-state index contributed by atoms with van der Waals surface area (Å²) in [5.74, 6) is -1.33. The van der Waals surface area contributed by atoms with Crippen LogP contribution in [0.15, 0.2) is 59.1 Å². The number of nitrogens with one attached hydrogen (secondary N) is 2. The maximum atomic E-state index is 12.3. The van der Waals surface area contributed by atoms with Gasteiger partial charge >= 0.3 is 12.1 Å². The molecule has 3 aromatic rings. The minimum atomic E-state index is -0.830. The van der Waals surface area contributed by atoms with Crippen molar-refractivity contribution in [3.05, 3.63) is 71.4 Å². The number of anilines is 1. The molecule has 0 unspecified atom stereocenters. The molecule has 0 saturated carbocycles. The number of nitrogens with zero attached hydrogens (tertiary/aromatic N) is 1. The van der Waals surface area contributed by atoms with Crippen molar-refractivity contribution in [2.75, 3.05) is 18.5 Å². The second-order valence-electron chi connectivity index (χ2n) is 7.99. The predicted molar refractivity (Wildman–Crippen MR) is 124 cm³/mol. The standard InChI is InChI=1S/C25H25N3O6/c29-23(30)12-2-1-7-13-26-24(31)21-14-22(34-28-21)27-25(32)33-15-20-18-10-5-3-8-16(18)17-9-4-6-11-19(17)20/h3-6,8-11,14,20H,1-2,7,12-13,15H2,(H,26,31)(H,27,32)(H,29,30). The van der Waals surface area contributed by atoms with Crippen molar-refractivity contribution in [3.8, 4) is 11.1 Å². The molecule has 176 valence electrons. The Morgan fingerprint density at radius 2 is 1.65 bits per heavy atom. The quantitative estimate of drug-likeness (QED) is 0.380. The first-order chi connectivity index (χ1) is 16.5. The molecule has 34 heavy (non-hydrogen) atoms. The second kappa shape index (κ2) is 10.7. The fourth-order valence-electron chi connectivity index (χ4n) is 4.05. The largest absolute Gasteiger partial charge is 0.481 e. The number of amides is 2. The van der Waals surface area contributed by atoms with Gasteiger partial charge in [-0.05, 0) is 35.1 Å². The van der Waals surface area contributed by atoms with Crippen molar-refractivity contribution in [1.82, 2.24) is 10.5 Å². The number of carboxylic acid groups (broad SMARTS) is 1. The van der Waals surface area contributed by atoms with Crippen LogP contribution in [0.25, 0.3) is 11.1 Å². The van der Waals surface area contributed by atoms with Crippen molar-refractivity contribution >= 4 is 23.9 Å². The van der Waals surface area contributed by atoms with Crippen LogP contribution in [0.3, 0.4) is 0 Å². The summed E-state index contributed by atoms with van der Waals surface area (Å²) in [6, 6.07) is 17.4. The molecular weight excluding hydrogens is 438 g/mol. The van der Waals surface area contributed by atoms with E-state index in [1.807, 2.05) is 36.4 Å². The number of rotatable bonds is 10. The van der Waals surface area contributed by atoms with Gasteiger partial charge in [0, 0.05) is 24.9 Å². The molecule has 4 rings (SSSR count). The molecule has 0 aliphatic heterocycles. The number of ether oxygens (including phenoxy) is 1. The zero-order chi connectivity index (χ0) is 23.9. The maximum Gasteiger partial charge on any atom is 0.414 e. The molecule has 0 radical (unpaired) electrons. The zero-order valence-electron chi connectivity index (χ0n) is 18.5. The van der Waals surface area contributed by atoms with Gasteiger partial charge in [-0.25, -0.2) is 4.79 Å². The highest BCUT2D eigenvalue weighted by Gasteiger charge is 2.29. The highest BCUT2D eigenvalue weighted by molar-refractivity contribution is 5.93. The molecule has 1 aliphatic carbocycles. The molecule has 1 aliphatic rings. The number of benzene rings is 2. The van der Waals surface area contributed by atoms with Crippen molar-refractivity contribution < 1.29 is 28.8 Å². The number of aromatic nitrogens is 1. The number of unbranched alkanes of at least 4 members (excludes halogenated alkanes) is 2. The maximum absolute atomic E-state index is 12.3. The van der Waals surface area contributed by atoms with E-state index in [9.17, 15) is 14.4 Å². The molecule has 0 spiro atoms. The first-order valence-corrected chi connectivity index (χ1v) is 11.1. The van der Waals surface area contributed by atoms with Gasteiger partial charge in [0.1, 0.15) is 6.61 Å². The Hall–Kier alpha value is -4.14. The van der Waals surface area contributed by atoms with Crippen LogP contribution in [0.5, 0.6) is 0 Å². The van der Waals surface area contributed by atoms with Crippen LogP contribution >= 0.6 is 0 Å². The number of carbonyl (C=O) groups excluding carboxylic acids is 2. The lowest BCUT2D eigenvalue weighted by atomic mass is 9.98. The van der Waals surface area contributed by atoms with E-state index < -0.39 is 18.0 Å². The highest BCUT2D eigenvalue weighted by atomic mass is 16.6. The summed E-state index contributed by atoms with van der Waals surface area (Å²) in [4.78, 5) is 35.0. The lowest BCUT2D eigenvalue weighted by Gasteiger charge is -2.13. The Morgan fingerprint density at radius 1 is 0.971 bits per heavy atom. The highest BCUT2D eigenvalue weighted by Crippen LogP contribution is 2.44. The first-order valence-electron chi connectivity index (χ1n) is 11.1. The fraction of sp³-hybridized carbons (Fsp3) is 0.280. The Balaban J connectivity index is 1.25. The van der Waals surface area contributed by atoms with Gasteiger partial charge in [0.2, 0.25) is 5.88 Å². The van der Waals surface area contributed by atoms with E-state index in [0.29, 0.717) is 25.8 Å². The van der Waals surface area contributed by atoms with Gasteiger partial charge in [0.25, 0.3) is 5.91 Å². The number of hydrogen-bond donors (Lipinski definition) is 3. The Labute approximate surface area is 196 Å². The predicted octanol–water partition coefficient (Wildman–Crippen LogP) is 4.41. The zero-order valence-corrected chi connectivity index (χ0v) is 18.5. The van der Waals surface area contributed by atoms with Crippen LogP contribution in [0.1, 0.15) is 53.2 Å². The Morgan fingerprint density at radius 3 is 2.32 bits per heavy atom. The molecule has 2 amide bonds. The summed E-state index contributed by atoms with van der Waals surface area (Å²) in [6.45, 7) is 0.545. The van der Waals surface area contributed by atoms with E-state index in [4.69, 9.17) is 14.4 Å². The summed E-state index contributed by atoms with van der Waals surface area (Å²) in [5, 5.41) is 17.4. The van der Waals surface area contributed by atoms with Gasteiger partial charge in [0.15, 0.2) is 5.69 Å². The Bertz CT molecular complexity index is 1140. The van der Waals surface area contributed by atoms with Gasteiger partial charge in [-0.15, -0.1) is 0 Å². The van der Waals surface area contributed by atoms with Crippen LogP contribution < -0.4 is 10.6 Å². The molecule has 0 saturated heterocycles. The second-order valence-corrected chi connectivity index (χ2v) is 7.99. The van der Waals surface area contributed by atoms with Gasteiger partial charge in [0.05, 0.1) is 0 Å². The third kappa shape index (κ3) is 5.43. The molecule has 3 N–H and O–H groups in total. The monoisotopic (exact) mass is 463 g/mol. The molecule has 0 fully saturated rings. The number of carboxylic acids is 1. The van der Waals surface area contributed by atoms with E-state index in [-0.39, 0.29) is 30.5 Å². The summed E-state index contributed by atoms with van der Waals surface area (Å²) >= 11 is 0. The van der Waals surface area contributed by atoms with Gasteiger partial charge < -0.3 is 19.7 Å². The molecule has 1 aromatic heterocycles. The van der Waals surface area contributed by atoms with Crippen LogP contribution in [-0.2, 0) is 9.53 Å². The fourth-order valence-corrected chi connectivity index (χ4v) is 4.05. The minimum absolute atomic E-state index is 0.00355. The molecule has 0 bridgehead atoms. The molecule has 2 aromatic carbocycles. The number of aliphatic carboxylic acids is 1. The van der Waals surface area contributed by atoms with Crippen LogP contribution in [0.2, 0.25) is 0 Å².